The van der Waals surface area contributed by atoms with Crippen LogP contribution < -0.4 is 10.1 Å². The Balaban J connectivity index is 1.84. The molecular formula is C14H17NOS. The minimum atomic E-state index is 0.707. The zero-order valence-electron chi connectivity index (χ0n) is 9.98. The molecule has 0 spiro atoms. The molecule has 2 rings (SSSR count). The SMILES string of the molecule is CCOc1cccc(NCCc2cccs2)c1. The highest BCUT2D eigenvalue weighted by atomic mass is 32.1. The van der Waals surface area contributed by atoms with Crippen molar-refractivity contribution in [3.63, 3.8) is 0 Å². The van der Waals surface area contributed by atoms with Crippen molar-refractivity contribution >= 4 is 17.0 Å². The van der Waals surface area contributed by atoms with Crippen molar-refractivity contribution in [2.45, 2.75) is 13.3 Å². The molecule has 90 valence electrons. The van der Waals surface area contributed by atoms with Gasteiger partial charge in [-0.1, -0.05) is 12.1 Å². The molecule has 0 radical (unpaired) electrons. The van der Waals surface area contributed by atoms with Gasteiger partial charge in [-0.3, -0.25) is 0 Å². The summed E-state index contributed by atoms with van der Waals surface area (Å²) in [7, 11) is 0. The second-order valence-corrected chi connectivity index (χ2v) is 4.75. The third-order valence-electron chi connectivity index (χ3n) is 2.43. The van der Waals surface area contributed by atoms with Gasteiger partial charge in [-0.15, -0.1) is 11.3 Å². The van der Waals surface area contributed by atoms with Crippen molar-refractivity contribution in [2.75, 3.05) is 18.5 Å². The summed E-state index contributed by atoms with van der Waals surface area (Å²) in [5.41, 5.74) is 1.12. The van der Waals surface area contributed by atoms with Gasteiger partial charge in [0.15, 0.2) is 0 Å². The molecule has 17 heavy (non-hydrogen) atoms. The number of ether oxygens (including phenoxy) is 1. The molecule has 0 amide bonds. The van der Waals surface area contributed by atoms with Gasteiger partial charge in [0.1, 0.15) is 5.75 Å². The topological polar surface area (TPSA) is 21.3 Å². The number of nitrogens with one attached hydrogen (secondary N) is 1. The monoisotopic (exact) mass is 247 g/mol. The number of rotatable bonds is 6. The predicted molar refractivity (Wildman–Crippen MR) is 74.1 cm³/mol. The van der Waals surface area contributed by atoms with E-state index in [9.17, 15) is 0 Å². The van der Waals surface area contributed by atoms with Crippen LogP contribution in [-0.4, -0.2) is 13.2 Å². The van der Waals surface area contributed by atoms with Crippen molar-refractivity contribution in [2.24, 2.45) is 0 Å². The van der Waals surface area contributed by atoms with Gasteiger partial charge in [0, 0.05) is 23.2 Å². The second-order valence-electron chi connectivity index (χ2n) is 3.72. The highest BCUT2D eigenvalue weighted by Gasteiger charge is 1.97. The molecule has 0 aliphatic rings. The van der Waals surface area contributed by atoms with E-state index in [1.165, 1.54) is 4.88 Å². The van der Waals surface area contributed by atoms with E-state index in [1.807, 2.05) is 25.1 Å². The van der Waals surface area contributed by atoms with E-state index in [2.05, 4.69) is 28.9 Å². The number of thiophene rings is 1. The zero-order valence-corrected chi connectivity index (χ0v) is 10.8. The summed E-state index contributed by atoms with van der Waals surface area (Å²) in [6.45, 7) is 3.66. The number of hydrogen-bond acceptors (Lipinski definition) is 3. The first-order valence-electron chi connectivity index (χ1n) is 5.87. The van der Waals surface area contributed by atoms with E-state index >= 15 is 0 Å². The molecule has 0 atom stereocenters. The minimum Gasteiger partial charge on any atom is -0.494 e. The predicted octanol–water partition coefficient (Wildman–Crippen LogP) is 3.80. The third-order valence-corrected chi connectivity index (χ3v) is 3.36. The molecule has 2 nitrogen and oxygen atoms in total. The van der Waals surface area contributed by atoms with Gasteiger partial charge in [-0.25, -0.2) is 0 Å². The quantitative estimate of drug-likeness (QED) is 0.838. The molecule has 0 bridgehead atoms. The molecule has 1 N–H and O–H groups in total. The van der Waals surface area contributed by atoms with Gasteiger partial charge in [0.05, 0.1) is 6.61 Å². The number of hydrogen-bond donors (Lipinski definition) is 1. The summed E-state index contributed by atoms with van der Waals surface area (Å²) in [4.78, 5) is 1.42. The minimum absolute atomic E-state index is 0.707. The van der Waals surface area contributed by atoms with Crippen LogP contribution in [0.3, 0.4) is 0 Å². The summed E-state index contributed by atoms with van der Waals surface area (Å²) in [6, 6.07) is 12.4. The lowest BCUT2D eigenvalue weighted by molar-refractivity contribution is 0.340. The highest BCUT2D eigenvalue weighted by molar-refractivity contribution is 7.09. The Bertz CT molecular complexity index is 439. The summed E-state index contributed by atoms with van der Waals surface area (Å²) in [5.74, 6) is 0.925. The fourth-order valence-corrected chi connectivity index (χ4v) is 2.36. The second kappa shape index (κ2) is 6.30. The first kappa shape index (κ1) is 12.0. The molecule has 0 unspecified atom stereocenters. The van der Waals surface area contributed by atoms with Crippen molar-refractivity contribution in [3.8, 4) is 5.75 Å². The average Bonchev–Trinajstić information content (AvgIpc) is 2.83. The van der Waals surface area contributed by atoms with E-state index in [-0.39, 0.29) is 0 Å². The Hall–Kier alpha value is -1.48. The molecule has 0 aliphatic heterocycles. The maximum absolute atomic E-state index is 5.46. The van der Waals surface area contributed by atoms with Gasteiger partial charge in [0.25, 0.3) is 0 Å². The largest absolute Gasteiger partial charge is 0.494 e. The third kappa shape index (κ3) is 3.79. The van der Waals surface area contributed by atoms with Crippen LogP contribution in [0.1, 0.15) is 11.8 Å². The number of anilines is 1. The summed E-state index contributed by atoms with van der Waals surface area (Å²) < 4.78 is 5.46. The van der Waals surface area contributed by atoms with Crippen LogP contribution in [0.15, 0.2) is 41.8 Å². The van der Waals surface area contributed by atoms with E-state index in [0.717, 1.165) is 24.4 Å². The van der Waals surface area contributed by atoms with Crippen LogP contribution in [0.25, 0.3) is 0 Å². The lowest BCUT2D eigenvalue weighted by Crippen LogP contribution is -2.04. The van der Waals surface area contributed by atoms with Crippen LogP contribution in [-0.2, 0) is 6.42 Å². The molecule has 1 aromatic heterocycles. The van der Waals surface area contributed by atoms with Gasteiger partial charge < -0.3 is 10.1 Å². The van der Waals surface area contributed by atoms with E-state index in [1.54, 1.807) is 11.3 Å². The Morgan fingerprint density at radius 1 is 1.24 bits per heavy atom. The lowest BCUT2D eigenvalue weighted by atomic mass is 10.3. The summed E-state index contributed by atoms with van der Waals surface area (Å²) >= 11 is 1.80. The maximum atomic E-state index is 5.46. The summed E-state index contributed by atoms with van der Waals surface area (Å²) in [5, 5.41) is 5.52. The molecule has 3 heteroatoms. The van der Waals surface area contributed by atoms with Crippen molar-refractivity contribution < 1.29 is 4.74 Å². The van der Waals surface area contributed by atoms with Crippen molar-refractivity contribution in [1.29, 1.82) is 0 Å². The summed E-state index contributed by atoms with van der Waals surface area (Å²) in [6.07, 6.45) is 1.07. The Morgan fingerprint density at radius 3 is 2.94 bits per heavy atom. The molecule has 0 saturated carbocycles. The van der Waals surface area contributed by atoms with Crippen LogP contribution in [0.4, 0.5) is 5.69 Å². The molecule has 0 saturated heterocycles. The first-order valence-corrected chi connectivity index (χ1v) is 6.75. The van der Waals surface area contributed by atoms with E-state index in [0.29, 0.717) is 6.61 Å². The maximum Gasteiger partial charge on any atom is 0.121 e. The van der Waals surface area contributed by atoms with Gasteiger partial charge in [0.2, 0.25) is 0 Å². The number of benzene rings is 1. The average molecular weight is 247 g/mol. The molecule has 2 aromatic rings. The van der Waals surface area contributed by atoms with Crippen molar-refractivity contribution in [1.82, 2.24) is 0 Å². The standard InChI is InChI=1S/C14H17NOS/c1-2-16-13-6-3-5-12(11-13)15-9-8-14-7-4-10-17-14/h3-7,10-11,15H,2,8-9H2,1H3. The van der Waals surface area contributed by atoms with Gasteiger partial charge in [-0.2, -0.15) is 0 Å². The van der Waals surface area contributed by atoms with Crippen LogP contribution >= 0.6 is 11.3 Å². The normalized spacial score (nSPS) is 10.2. The van der Waals surface area contributed by atoms with Gasteiger partial charge >= 0.3 is 0 Å². The fourth-order valence-electron chi connectivity index (χ4n) is 1.65. The molecule has 0 aliphatic carbocycles. The lowest BCUT2D eigenvalue weighted by Gasteiger charge is -2.08. The Labute approximate surface area is 106 Å². The smallest absolute Gasteiger partial charge is 0.121 e. The van der Waals surface area contributed by atoms with Crippen LogP contribution in [0.2, 0.25) is 0 Å². The molecule has 1 aromatic carbocycles. The highest BCUT2D eigenvalue weighted by Crippen LogP contribution is 2.17. The van der Waals surface area contributed by atoms with Crippen molar-refractivity contribution in [3.05, 3.63) is 46.7 Å². The van der Waals surface area contributed by atoms with E-state index < -0.39 is 0 Å². The first-order chi connectivity index (χ1) is 8.38. The Kier molecular flexibility index (Phi) is 4.45. The van der Waals surface area contributed by atoms with Crippen LogP contribution in [0.5, 0.6) is 5.75 Å². The van der Waals surface area contributed by atoms with Gasteiger partial charge in [-0.05, 0) is 36.9 Å². The zero-order chi connectivity index (χ0) is 11.9. The molecule has 1 heterocycles. The van der Waals surface area contributed by atoms with E-state index in [4.69, 9.17) is 4.74 Å². The molecule has 0 fully saturated rings. The fraction of sp³-hybridized carbons (Fsp3) is 0.286. The molecular weight excluding hydrogens is 230 g/mol. The Morgan fingerprint density at radius 2 is 2.18 bits per heavy atom. The van der Waals surface area contributed by atoms with Crippen LogP contribution in [0, 0.1) is 0 Å².